The maximum Gasteiger partial charge on any atom is 0.252 e. The van der Waals surface area contributed by atoms with Crippen LogP contribution in [-0.4, -0.2) is 28.5 Å². The Kier molecular flexibility index (Phi) is 4.57. The minimum absolute atomic E-state index is 0.0128. The highest BCUT2D eigenvalue weighted by molar-refractivity contribution is 5.98. The topological polar surface area (TPSA) is 88.3 Å². The van der Waals surface area contributed by atoms with Crippen molar-refractivity contribution >= 4 is 17.5 Å². The third-order valence-corrected chi connectivity index (χ3v) is 4.67. The molecule has 2 heterocycles. The van der Waals surface area contributed by atoms with Gasteiger partial charge in [-0.25, -0.2) is 0 Å². The van der Waals surface area contributed by atoms with E-state index in [1.807, 2.05) is 46.8 Å². The molecule has 0 saturated heterocycles. The molecule has 2 aromatic rings. The highest BCUT2D eigenvalue weighted by Gasteiger charge is 2.32. The SMILES string of the molecule is CC(=O)N1CCc2cc(C(=O)NC(C)(C)c3noc(C(C)(C)C)n3)ccc21. The summed E-state index contributed by atoms with van der Waals surface area (Å²) < 4.78 is 5.35. The van der Waals surface area contributed by atoms with E-state index in [-0.39, 0.29) is 17.2 Å². The van der Waals surface area contributed by atoms with Crippen molar-refractivity contribution in [1.29, 1.82) is 0 Å². The summed E-state index contributed by atoms with van der Waals surface area (Å²) in [5, 5.41) is 7.02. The zero-order valence-electron chi connectivity index (χ0n) is 16.7. The largest absolute Gasteiger partial charge is 0.340 e. The molecule has 27 heavy (non-hydrogen) atoms. The number of amides is 2. The zero-order chi connectivity index (χ0) is 20.0. The van der Waals surface area contributed by atoms with Gasteiger partial charge < -0.3 is 14.7 Å². The lowest BCUT2D eigenvalue weighted by Gasteiger charge is -2.23. The van der Waals surface area contributed by atoms with E-state index in [4.69, 9.17) is 4.52 Å². The Morgan fingerprint density at radius 1 is 1.19 bits per heavy atom. The second kappa shape index (κ2) is 6.48. The number of fused-ring (bicyclic) bond motifs is 1. The monoisotopic (exact) mass is 370 g/mol. The van der Waals surface area contributed by atoms with E-state index in [0.717, 1.165) is 17.7 Å². The van der Waals surface area contributed by atoms with Crippen LogP contribution in [0.5, 0.6) is 0 Å². The lowest BCUT2D eigenvalue weighted by molar-refractivity contribution is -0.116. The van der Waals surface area contributed by atoms with Crippen molar-refractivity contribution in [3.8, 4) is 0 Å². The van der Waals surface area contributed by atoms with E-state index in [1.165, 1.54) is 0 Å². The molecule has 0 saturated carbocycles. The summed E-state index contributed by atoms with van der Waals surface area (Å²) in [6, 6.07) is 5.42. The van der Waals surface area contributed by atoms with Gasteiger partial charge in [-0.05, 0) is 44.0 Å². The smallest absolute Gasteiger partial charge is 0.252 e. The minimum Gasteiger partial charge on any atom is -0.340 e. The Morgan fingerprint density at radius 2 is 1.89 bits per heavy atom. The van der Waals surface area contributed by atoms with Crippen LogP contribution in [0, 0.1) is 0 Å². The molecule has 1 aliphatic heterocycles. The number of aromatic nitrogens is 2. The summed E-state index contributed by atoms with van der Waals surface area (Å²) in [5.74, 6) is 0.761. The van der Waals surface area contributed by atoms with Crippen molar-refractivity contribution < 1.29 is 14.1 Å². The van der Waals surface area contributed by atoms with Gasteiger partial charge in [0.2, 0.25) is 11.8 Å². The average Bonchev–Trinajstić information content (AvgIpc) is 3.21. The van der Waals surface area contributed by atoms with Gasteiger partial charge in [0.05, 0.1) is 5.54 Å². The number of nitrogens with zero attached hydrogens (tertiary/aromatic N) is 3. The molecule has 0 fully saturated rings. The van der Waals surface area contributed by atoms with Gasteiger partial charge in [0.15, 0.2) is 5.82 Å². The number of hydrogen-bond acceptors (Lipinski definition) is 5. The summed E-state index contributed by atoms with van der Waals surface area (Å²) in [6.07, 6.45) is 0.749. The second-order valence-corrected chi connectivity index (χ2v) is 8.52. The van der Waals surface area contributed by atoms with Crippen molar-refractivity contribution in [2.75, 3.05) is 11.4 Å². The van der Waals surface area contributed by atoms with Crippen LogP contribution >= 0.6 is 0 Å². The molecule has 0 radical (unpaired) electrons. The number of anilines is 1. The minimum atomic E-state index is -0.783. The highest BCUT2D eigenvalue weighted by atomic mass is 16.5. The molecule has 7 heteroatoms. The van der Waals surface area contributed by atoms with Crippen molar-refractivity contribution in [3.05, 3.63) is 41.0 Å². The van der Waals surface area contributed by atoms with Gasteiger partial charge in [-0.15, -0.1) is 0 Å². The Hall–Kier alpha value is -2.70. The van der Waals surface area contributed by atoms with E-state index in [2.05, 4.69) is 15.5 Å². The van der Waals surface area contributed by atoms with E-state index < -0.39 is 5.54 Å². The molecule has 1 aromatic carbocycles. The van der Waals surface area contributed by atoms with E-state index in [9.17, 15) is 9.59 Å². The number of carbonyl (C=O) groups is 2. The van der Waals surface area contributed by atoms with Gasteiger partial charge >= 0.3 is 0 Å². The van der Waals surface area contributed by atoms with Crippen molar-refractivity contribution in [2.24, 2.45) is 0 Å². The van der Waals surface area contributed by atoms with Gasteiger partial charge in [-0.2, -0.15) is 4.98 Å². The van der Waals surface area contributed by atoms with Crippen LogP contribution in [0.1, 0.15) is 69.2 Å². The van der Waals surface area contributed by atoms with Crippen LogP contribution in [0.3, 0.4) is 0 Å². The quantitative estimate of drug-likeness (QED) is 0.897. The molecule has 2 amide bonds. The lowest BCUT2D eigenvalue weighted by atomic mass is 9.96. The summed E-state index contributed by atoms with van der Waals surface area (Å²) in [4.78, 5) is 30.6. The zero-order valence-corrected chi connectivity index (χ0v) is 16.7. The first-order valence-electron chi connectivity index (χ1n) is 9.07. The molecule has 3 rings (SSSR count). The number of benzene rings is 1. The summed E-state index contributed by atoms with van der Waals surface area (Å²) >= 11 is 0. The molecule has 1 aromatic heterocycles. The van der Waals surface area contributed by atoms with Crippen molar-refractivity contribution in [3.63, 3.8) is 0 Å². The molecule has 0 unspecified atom stereocenters. The van der Waals surface area contributed by atoms with E-state index >= 15 is 0 Å². The Bertz CT molecular complexity index is 893. The van der Waals surface area contributed by atoms with Crippen LogP contribution in [-0.2, 0) is 22.2 Å². The van der Waals surface area contributed by atoms with Crippen LogP contribution in [0.4, 0.5) is 5.69 Å². The van der Waals surface area contributed by atoms with Gasteiger partial charge in [0.1, 0.15) is 0 Å². The number of nitrogens with one attached hydrogen (secondary N) is 1. The van der Waals surface area contributed by atoms with Gasteiger partial charge in [-0.1, -0.05) is 25.9 Å². The number of carbonyl (C=O) groups excluding carboxylic acids is 2. The maximum absolute atomic E-state index is 12.8. The van der Waals surface area contributed by atoms with Gasteiger partial charge in [0.25, 0.3) is 5.91 Å². The highest BCUT2D eigenvalue weighted by Crippen LogP contribution is 2.29. The molecule has 1 aliphatic rings. The standard InChI is InChI=1S/C20H26N4O3/c1-12(25)24-10-9-13-11-14(7-8-15(13)24)16(26)22-20(5,6)17-21-18(27-23-17)19(2,3)4/h7-8,11H,9-10H2,1-6H3,(H,22,26). The molecular formula is C20H26N4O3. The maximum atomic E-state index is 12.8. The second-order valence-electron chi connectivity index (χ2n) is 8.52. The summed E-state index contributed by atoms with van der Waals surface area (Å²) in [6.45, 7) is 11.9. The first-order valence-corrected chi connectivity index (χ1v) is 9.07. The molecule has 0 aliphatic carbocycles. The van der Waals surface area contributed by atoms with Crippen LogP contribution in [0.25, 0.3) is 0 Å². The molecule has 0 atom stereocenters. The van der Waals surface area contributed by atoms with E-state index in [1.54, 1.807) is 17.9 Å². The average molecular weight is 370 g/mol. The summed E-state index contributed by atoms with van der Waals surface area (Å²) in [7, 11) is 0. The van der Waals surface area contributed by atoms with Crippen LogP contribution in [0.15, 0.2) is 22.7 Å². The van der Waals surface area contributed by atoms with Crippen LogP contribution in [0.2, 0.25) is 0 Å². The van der Waals surface area contributed by atoms with Gasteiger partial charge in [0, 0.05) is 30.1 Å². The molecule has 144 valence electrons. The Balaban J connectivity index is 1.79. The fraction of sp³-hybridized carbons (Fsp3) is 0.500. The predicted molar refractivity (Wildman–Crippen MR) is 102 cm³/mol. The molecule has 1 N–H and O–H groups in total. The summed E-state index contributed by atoms with van der Waals surface area (Å²) in [5.41, 5.74) is 1.39. The molecule has 7 nitrogen and oxygen atoms in total. The normalized spacial score (nSPS) is 14.2. The van der Waals surface area contributed by atoms with Crippen molar-refractivity contribution in [1.82, 2.24) is 15.5 Å². The van der Waals surface area contributed by atoms with Gasteiger partial charge in [-0.3, -0.25) is 9.59 Å². The number of rotatable bonds is 3. The molecular weight excluding hydrogens is 344 g/mol. The first kappa shape index (κ1) is 19.1. The molecule has 0 spiro atoms. The third-order valence-electron chi connectivity index (χ3n) is 4.67. The Labute approximate surface area is 159 Å². The Morgan fingerprint density at radius 3 is 2.48 bits per heavy atom. The first-order chi connectivity index (χ1) is 12.5. The van der Waals surface area contributed by atoms with Crippen molar-refractivity contribution in [2.45, 2.75) is 58.9 Å². The molecule has 0 bridgehead atoms. The van der Waals surface area contributed by atoms with E-state index in [0.29, 0.717) is 23.8 Å². The fourth-order valence-electron chi connectivity index (χ4n) is 3.06. The predicted octanol–water partition coefficient (Wildman–Crippen LogP) is 2.94. The third kappa shape index (κ3) is 3.72. The lowest BCUT2D eigenvalue weighted by Crippen LogP contribution is -2.42. The number of hydrogen-bond donors (Lipinski definition) is 1. The fourth-order valence-corrected chi connectivity index (χ4v) is 3.06. The van der Waals surface area contributed by atoms with Crippen LogP contribution < -0.4 is 10.2 Å².